The summed E-state index contributed by atoms with van der Waals surface area (Å²) in [6.45, 7) is 11.5. The van der Waals surface area contributed by atoms with Gasteiger partial charge in [-0.2, -0.15) is 0 Å². The first kappa shape index (κ1) is 30.8. The summed E-state index contributed by atoms with van der Waals surface area (Å²) in [5.41, 5.74) is 6.33. The highest BCUT2D eigenvalue weighted by atomic mass is 28.4. The van der Waals surface area contributed by atoms with Gasteiger partial charge in [0, 0.05) is 19.3 Å². The first-order valence-electron chi connectivity index (χ1n) is 13.6. The van der Waals surface area contributed by atoms with Crippen LogP contribution in [-0.2, 0) is 4.43 Å². The van der Waals surface area contributed by atoms with Crippen LogP contribution in [0.25, 0.3) is 11.3 Å². The van der Waals surface area contributed by atoms with E-state index in [4.69, 9.17) is 10.2 Å². The quantitative estimate of drug-likeness (QED) is 0.262. The number of nitrogens with one attached hydrogen (secondary N) is 2. The predicted octanol–water partition coefficient (Wildman–Crippen LogP) is 5.49. The van der Waals surface area contributed by atoms with Gasteiger partial charge in [-0.25, -0.2) is 18.6 Å². The second-order valence-corrected chi connectivity index (χ2v) is 16.5. The number of hydrogen-bond donors (Lipinski definition) is 4. The first-order chi connectivity index (χ1) is 19.7. The van der Waals surface area contributed by atoms with Crippen molar-refractivity contribution in [2.45, 2.75) is 57.5 Å². The van der Waals surface area contributed by atoms with E-state index in [1.807, 2.05) is 4.90 Å². The fraction of sp³-hybridized carbons (Fsp3) is 0.379. The smallest absolute Gasteiger partial charge is 0.405 e. The highest BCUT2D eigenvalue weighted by Crippen LogP contribution is 2.39. The molecule has 5 N–H and O–H groups in total. The maximum Gasteiger partial charge on any atom is 0.405 e. The Hall–Kier alpha value is -4.10. The Kier molecular flexibility index (Phi) is 8.83. The van der Waals surface area contributed by atoms with Crippen molar-refractivity contribution in [2.75, 3.05) is 29.0 Å². The van der Waals surface area contributed by atoms with Crippen LogP contribution in [0.3, 0.4) is 0 Å². The normalized spacial score (nSPS) is 17.5. The van der Waals surface area contributed by atoms with Crippen molar-refractivity contribution >= 4 is 37.4 Å². The second-order valence-electron chi connectivity index (χ2n) is 11.8. The summed E-state index contributed by atoms with van der Waals surface area (Å²) >= 11 is 0. The molecule has 0 spiro atoms. The van der Waals surface area contributed by atoms with Crippen molar-refractivity contribution in [2.24, 2.45) is 0 Å². The minimum atomic E-state index is -2.18. The van der Waals surface area contributed by atoms with E-state index in [0.717, 1.165) is 12.1 Å². The number of anilines is 3. The van der Waals surface area contributed by atoms with Gasteiger partial charge >= 0.3 is 6.09 Å². The van der Waals surface area contributed by atoms with E-state index >= 15 is 0 Å². The third kappa shape index (κ3) is 6.68. The summed E-state index contributed by atoms with van der Waals surface area (Å²) in [5.74, 6) is -2.34. The number of nitrogens with zero attached hydrogens (tertiary/aromatic N) is 3. The maximum atomic E-state index is 14.4. The van der Waals surface area contributed by atoms with Crippen molar-refractivity contribution in [1.29, 1.82) is 0 Å². The molecule has 4 rings (SSSR count). The molecule has 42 heavy (non-hydrogen) atoms. The summed E-state index contributed by atoms with van der Waals surface area (Å²) < 4.78 is 35.4. The molecule has 1 aliphatic heterocycles. The Bertz CT molecular complexity index is 1460. The highest BCUT2D eigenvalue weighted by Gasteiger charge is 2.42. The fourth-order valence-corrected chi connectivity index (χ4v) is 6.01. The SMILES string of the molecule is CC(C)(C)[Si](C)(C)O[C@@H]1CCN(c2ccncc2NC(=O)c2nc(-c3c(F)cccc3F)ccc2N)C[C@H]1NC(=O)O. The number of halogens is 2. The van der Waals surface area contributed by atoms with Crippen molar-refractivity contribution in [3.8, 4) is 11.3 Å². The molecule has 13 heteroatoms. The Morgan fingerprint density at radius 3 is 2.48 bits per heavy atom. The molecular formula is C29H36F2N6O4Si. The zero-order valence-electron chi connectivity index (χ0n) is 24.2. The Morgan fingerprint density at radius 1 is 1.14 bits per heavy atom. The summed E-state index contributed by atoms with van der Waals surface area (Å²) in [5, 5.41) is 14.9. The molecule has 2 aromatic heterocycles. The topological polar surface area (TPSA) is 143 Å². The van der Waals surface area contributed by atoms with Crippen LogP contribution in [0.4, 0.5) is 30.6 Å². The largest absolute Gasteiger partial charge is 0.465 e. The first-order valence-corrected chi connectivity index (χ1v) is 16.5. The monoisotopic (exact) mass is 598 g/mol. The molecule has 10 nitrogen and oxygen atoms in total. The van der Waals surface area contributed by atoms with Gasteiger partial charge in [0.1, 0.15) is 11.6 Å². The number of hydrogen-bond acceptors (Lipinski definition) is 7. The number of carbonyl (C=O) groups excluding carboxylic acids is 1. The number of nitrogens with two attached hydrogens (primary N) is 1. The number of carbonyl (C=O) groups is 2. The number of carboxylic acid groups (broad SMARTS) is 1. The van der Waals surface area contributed by atoms with Gasteiger partial charge in [0.15, 0.2) is 14.0 Å². The number of benzene rings is 1. The van der Waals surface area contributed by atoms with Crippen molar-refractivity contribution in [3.05, 3.63) is 66.1 Å². The molecule has 224 valence electrons. The van der Waals surface area contributed by atoms with E-state index in [1.165, 1.54) is 24.4 Å². The van der Waals surface area contributed by atoms with E-state index in [2.05, 4.69) is 54.5 Å². The number of pyridine rings is 2. The Labute approximate surface area is 244 Å². The molecule has 1 aromatic carbocycles. The van der Waals surface area contributed by atoms with E-state index in [0.29, 0.717) is 30.9 Å². The number of aromatic nitrogens is 2. The van der Waals surface area contributed by atoms with Crippen LogP contribution < -0.4 is 21.3 Å². The second kappa shape index (κ2) is 12.0. The lowest BCUT2D eigenvalue weighted by atomic mass is 10.0. The Morgan fingerprint density at radius 2 is 1.83 bits per heavy atom. The van der Waals surface area contributed by atoms with Gasteiger partial charge in [-0.1, -0.05) is 26.8 Å². The van der Waals surface area contributed by atoms with Gasteiger partial charge in [-0.3, -0.25) is 9.78 Å². The summed E-state index contributed by atoms with van der Waals surface area (Å²) in [7, 11) is -2.18. The summed E-state index contributed by atoms with van der Waals surface area (Å²) in [4.78, 5) is 35.3. The minimum absolute atomic E-state index is 0.0211. The molecular weight excluding hydrogens is 562 g/mol. The average molecular weight is 599 g/mol. The number of amides is 2. The number of rotatable bonds is 7. The molecule has 0 unspecified atom stereocenters. The van der Waals surface area contributed by atoms with Crippen LogP contribution in [-0.4, -0.2) is 60.6 Å². The molecule has 1 fully saturated rings. The standard InChI is InChI=1S/C29H36F2N6O4Si/c1-29(2,3)42(4,5)41-24-12-14-37(16-22(24)36-28(39)40)23-11-13-33-15-21(23)35-27(38)26-19(32)9-10-20(34-26)25-17(30)7-6-8-18(25)31/h6-11,13,15,22,24,36H,12,14,16,32H2,1-5H3,(H,35,38)(H,39,40)/t22-,24-/m1/s1. The average Bonchev–Trinajstić information content (AvgIpc) is 2.89. The zero-order chi connectivity index (χ0) is 30.8. The van der Waals surface area contributed by atoms with Crippen LogP contribution in [0, 0.1) is 11.6 Å². The minimum Gasteiger partial charge on any atom is -0.465 e. The van der Waals surface area contributed by atoms with Crippen LogP contribution in [0.1, 0.15) is 37.7 Å². The summed E-state index contributed by atoms with van der Waals surface area (Å²) in [6, 6.07) is 7.34. The van der Waals surface area contributed by atoms with Crippen LogP contribution in [0.2, 0.25) is 18.1 Å². The lowest BCUT2D eigenvalue weighted by Crippen LogP contribution is -2.59. The van der Waals surface area contributed by atoms with E-state index < -0.39 is 38.0 Å². The lowest BCUT2D eigenvalue weighted by molar-refractivity contribution is 0.102. The van der Waals surface area contributed by atoms with Crippen molar-refractivity contribution < 1.29 is 27.9 Å². The third-order valence-corrected chi connectivity index (χ3v) is 12.4. The van der Waals surface area contributed by atoms with Gasteiger partial charge < -0.3 is 30.8 Å². The molecule has 0 saturated carbocycles. The van der Waals surface area contributed by atoms with Gasteiger partial charge in [0.2, 0.25) is 0 Å². The molecule has 1 saturated heterocycles. The zero-order valence-corrected chi connectivity index (χ0v) is 25.2. The molecule has 1 aliphatic rings. The van der Waals surface area contributed by atoms with Crippen molar-refractivity contribution in [3.63, 3.8) is 0 Å². The van der Waals surface area contributed by atoms with Crippen LogP contribution in [0.15, 0.2) is 48.8 Å². The maximum absolute atomic E-state index is 14.4. The number of piperidine rings is 1. The van der Waals surface area contributed by atoms with Crippen molar-refractivity contribution in [1.82, 2.24) is 15.3 Å². The fourth-order valence-electron chi connectivity index (χ4n) is 4.62. The molecule has 0 bridgehead atoms. The third-order valence-electron chi connectivity index (χ3n) is 7.86. The van der Waals surface area contributed by atoms with Gasteiger partial charge in [0.25, 0.3) is 5.91 Å². The van der Waals surface area contributed by atoms with Gasteiger partial charge in [-0.05, 0) is 54.9 Å². The molecule has 0 aliphatic carbocycles. The predicted molar refractivity (Wildman–Crippen MR) is 160 cm³/mol. The summed E-state index contributed by atoms with van der Waals surface area (Å²) in [6.07, 6.45) is 2.11. The van der Waals surface area contributed by atoms with E-state index in [9.17, 15) is 23.5 Å². The van der Waals surface area contributed by atoms with Gasteiger partial charge in [-0.15, -0.1) is 0 Å². The molecule has 2 atom stereocenters. The van der Waals surface area contributed by atoms with Crippen LogP contribution in [0.5, 0.6) is 0 Å². The highest BCUT2D eigenvalue weighted by molar-refractivity contribution is 6.74. The van der Waals surface area contributed by atoms with Crippen LogP contribution >= 0.6 is 0 Å². The molecule has 0 radical (unpaired) electrons. The molecule has 3 heterocycles. The van der Waals surface area contributed by atoms with E-state index in [-0.39, 0.29) is 33.8 Å². The number of nitrogen functional groups attached to an aromatic ring is 1. The van der Waals surface area contributed by atoms with Gasteiger partial charge in [0.05, 0.1) is 46.7 Å². The lowest BCUT2D eigenvalue weighted by Gasteiger charge is -2.45. The Balaban J connectivity index is 1.58. The molecule has 3 aromatic rings. The molecule has 2 amide bonds. The van der Waals surface area contributed by atoms with E-state index in [1.54, 1.807) is 12.3 Å².